The molecule has 158 valence electrons. The molecule has 1 saturated heterocycles. The van der Waals surface area contributed by atoms with E-state index in [4.69, 9.17) is 0 Å². The number of benzene rings is 1. The summed E-state index contributed by atoms with van der Waals surface area (Å²) < 4.78 is 92.7. The van der Waals surface area contributed by atoms with Crippen molar-refractivity contribution in [2.24, 2.45) is 16.1 Å². The number of nitrogens with zero attached hydrogens (tertiary/aromatic N) is 3. The van der Waals surface area contributed by atoms with Crippen molar-refractivity contribution >= 4 is 5.91 Å². The quantitative estimate of drug-likeness (QED) is 0.630. The van der Waals surface area contributed by atoms with Crippen molar-refractivity contribution in [2.45, 2.75) is 48.9 Å². The van der Waals surface area contributed by atoms with Crippen LogP contribution in [0.3, 0.4) is 0 Å². The number of halogens is 7. The standard InChI is InChI=1S/C18H16F7N3O/c19-15(20)8-13(16(15,21)22)10-3-5-11(6-4-10)14(29)28-7-1-2-12(9-28)17(26-27-17)18(23,24)25/h3-6,12-13H,1-2,7-9H2. The Morgan fingerprint density at radius 3 is 2.17 bits per heavy atom. The summed E-state index contributed by atoms with van der Waals surface area (Å²) in [6.45, 7) is 0.0674. The van der Waals surface area contributed by atoms with Gasteiger partial charge in [-0.1, -0.05) is 12.1 Å². The number of amides is 1. The molecule has 0 N–H and O–H groups in total. The zero-order valence-corrected chi connectivity index (χ0v) is 14.9. The minimum absolute atomic E-state index is 0.0133. The van der Waals surface area contributed by atoms with Gasteiger partial charge >= 0.3 is 18.0 Å². The molecule has 11 heteroatoms. The maximum absolute atomic E-state index is 13.5. The van der Waals surface area contributed by atoms with Crippen LogP contribution in [0.2, 0.25) is 0 Å². The highest BCUT2D eigenvalue weighted by molar-refractivity contribution is 5.94. The van der Waals surface area contributed by atoms with Crippen LogP contribution in [0.5, 0.6) is 0 Å². The average Bonchev–Trinajstić information content (AvgIpc) is 3.48. The molecule has 0 spiro atoms. The van der Waals surface area contributed by atoms with Gasteiger partial charge in [-0.05, 0) is 30.5 Å². The number of piperidine rings is 1. The fourth-order valence-electron chi connectivity index (χ4n) is 4.06. The lowest BCUT2D eigenvalue weighted by atomic mass is 9.72. The molecule has 1 amide bonds. The number of hydrogen-bond donors (Lipinski definition) is 0. The van der Waals surface area contributed by atoms with E-state index in [1.807, 2.05) is 0 Å². The van der Waals surface area contributed by atoms with Crippen molar-refractivity contribution in [1.82, 2.24) is 4.90 Å². The van der Waals surface area contributed by atoms with Gasteiger partial charge in [-0.25, -0.2) is 0 Å². The third-order valence-electron chi connectivity index (χ3n) is 5.96. The number of hydrogen-bond acceptors (Lipinski definition) is 3. The van der Waals surface area contributed by atoms with Gasteiger partial charge in [0.2, 0.25) is 0 Å². The van der Waals surface area contributed by atoms with Crippen LogP contribution in [0.4, 0.5) is 30.7 Å². The monoisotopic (exact) mass is 423 g/mol. The van der Waals surface area contributed by atoms with E-state index >= 15 is 0 Å². The number of rotatable bonds is 3. The number of alkyl halides is 7. The molecule has 2 aliphatic heterocycles. The zero-order valence-electron chi connectivity index (χ0n) is 14.9. The number of likely N-dealkylation sites (tertiary alicyclic amines) is 1. The number of carbonyl (C=O) groups is 1. The molecule has 1 aromatic rings. The van der Waals surface area contributed by atoms with E-state index in [2.05, 4.69) is 10.2 Å². The molecule has 0 radical (unpaired) electrons. The molecule has 0 bridgehead atoms. The first kappa shape index (κ1) is 20.1. The molecule has 2 unspecified atom stereocenters. The topological polar surface area (TPSA) is 45.0 Å². The van der Waals surface area contributed by atoms with E-state index < -0.39 is 47.8 Å². The molecule has 4 nitrogen and oxygen atoms in total. The van der Waals surface area contributed by atoms with E-state index in [0.29, 0.717) is 6.42 Å². The van der Waals surface area contributed by atoms with Gasteiger partial charge in [0, 0.05) is 31.0 Å². The van der Waals surface area contributed by atoms with Crippen LogP contribution in [0.1, 0.15) is 41.1 Å². The molecule has 2 atom stereocenters. The van der Waals surface area contributed by atoms with Crippen LogP contribution in [0.25, 0.3) is 0 Å². The Morgan fingerprint density at radius 2 is 1.69 bits per heavy atom. The van der Waals surface area contributed by atoms with Crippen LogP contribution < -0.4 is 0 Å². The van der Waals surface area contributed by atoms with Crippen molar-refractivity contribution in [3.63, 3.8) is 0 Å². The van der Waals surface area contributed by atoms with Gasteiger partial charge < -0.3 is 4.90 Å². The maximum atomic E-state index is 13.5. The van der Waals surface area contributed by atoms with Gasteiger partial charge in [0.15, 0.2) is 0 Å². The Balaban J connectivity index is 1.45. The summed E-state index contributed by atoms with van der Waals surface area (Å²) in [5.74, 6) is -11.4. The summed E-state index contributed by atoms with van der Waals surface area (Å²) >= 11 is 0. The third-order valence-corrected chi connectivity index (χ3v) is 5.96. The highest BCUT2D eigenvalue weighted by Gasteiger charge is 2.72. The molecule has 1 aromatic carbocycles. The number of carbonyl (C=O) groups excluding carboxylic acids is 1. The van der Waals surface area contributed by atoms with E-state index in [1.165, 1.54) is 29.2 Å². The van der Waals surface area contributed by atoms with Crippen LogP contribution in [-0.4, -0.2) is 47.6 Å². The molecule has 2 heterocycles. The first-order valence-corrected chi connectivity index (χ1v) is 9.05. The van der Waals surface area contributed by atoms with Crippen molar-refractivity contribution in [3.8, 4) is 0 Å². The lowest BCUT2D eigenvalue weighted by Gasteiger charge is -2.44. The molecule has 4 rings (SSSR count). The summed E-state index contributed by atoms with van der Waals surface area (Å²) in [6, 6.07) is 4.84. The van der Waals surface area contributed by atoms with E-state index in [-0.39, 0.29) is 30.6 Å². The Bertz CT molecular complexity index is 844. The highest BCUT2D eigenvalue weighted by atomic mass is 19.4. The Morgan fingerprint density at radius 1 is 1.07 bits per heavy atom. The first-order chi connectivity index (χ1) is 13.4. The van der Waals surface area contributed by atoms with Crippen molar-refractivity contribution in [3.05, 3.63) is 35.4 Å². The second kappa shape index (κ2) is 6.15. The third kappa shape index (κ3) is 3.00. The van der Waals surface area contributed by atoms with E-state index in [0.717, 1.165) is 0 Å². The summed E-state index contributed by atoms with van der Waals surface area (Å²) in [7, 11) is 0. The maximum Gasteiger partial charge on any atom is 0.438 e. The van der Waals surface area contributed by atoms with Crippen molar-refractivity contribution in [2.75, 3.05) is 13.1 Å². The van der Waals surface area contributed by atoms with Crippen molar-refractivity contribution in [1.29, 1.82) is 0 Å². The Hall–Kier alpha value is -2.20. The summed E-state index contributed by atoms with van der Waals surface area (Å²) in [6.07, 6.45) is -5.03. The van der Waals surface area contributed by atoms with Gasteiger partial charge in [-0.2, -0.15) is 30.7 Å². The largest absolute Gasteiger partial charge is 0.438 e. The lowest BCUT2D eigenvalue weighted by molar-refractivity contribution is -0.290. The van der Waals surface area contributed by atoms with Gasteiger partial charge in [0.05, 0.1) is 5.92 Å². The molecule has 2 fully saturated rings. The second-order valence-electron chi connectivity index (χ2n) is 7.72. The van der Waals surface area contributed by atoms with Gasteiger partial charge in [0.25, 0.3) is 11.6 Å². The minimum Gasteiger partial charge on any atom is -0.338 e. The van der Waals surface area contributed by atoms with E-state index in [9.17, 15) is 35.5 Å². The molecular weight excluding hydrogens is 407 g/mol. The predicted molar refractivity (Wildman–Crippen MR) is 86.0 cm³/mol. The van der Waals surface area contributed by atoms with E-state index in [1.54, 1.807) is 0 Å². The molecule has 1 aliphatic carbocycles. The molecule has 0 aromatic heterocycles. The van der Waals surface area contributed by atoms with Crippen LogP contribution in [-0.2, 0) is 0 Å². The smallest absolute Gasteiger partial charge is 0.338 e. The Labute approximate surface area is 160 Å². The molecule has 29 heavy (non-hydrogen) atoms. The van der Waals surface area contributed by atoms with Gasteiger partial charge in [0.1, 0.15) is 0 Å². The Kier molecular flexibility index (Phi) is 4.26. The average molecular weight is 423 g/mol. The van der Waals surface area contributed by atoms with Crippen LogP contribution >= 0.6 is 0 Å². The minimum atomic E-state index is -4.62. The fraction of sp³-hybridized carbons (Fsp3) is 0.611. The second-order valence-corrected chi connectivity index (χ2v) is 7.72. The van der Waals surface area contributed by atoms with Gasteiger partial charge in [-0.15, -0.1) is 10.2 Å². The SMILES string of the molecule is O=C(c1ccc(C2CC(F)(F)C2(F)F)cc1)N1CCCC(C2(C(F)(F)F)N=N2)C1. The first-order valence-electron chi connectivity index (χ1n) is 9.05. The summed E-state index contributed by atoms with van der Waals surface area (Å²) in [5, 5.41) is 6.39. The summed E-state index contributed by atoms with van der Waals surface area (Å²) in [4.78, 5) is 13.9. The highest BCUT2D eigenvalue weighted by Crippen LogP contribution is 2.59. The normalized spacial score (nSPS) is 29.3. The summed E-state index contributed by atoms with van der Waals surface area (Å²) in [5.41, 5.74) is -2.37. The fourth-order valence-corrected chi connectivity index (χ4v) is 4.06. The predicted octanol–water partition coefficient (Wildman–Crippen LogP) is 5.02. The zero-order chi connectivity index (χ0) is 21.2. The van der Waals surface area contributed by atoms with Crippen LogP contribution in [0, 0.1) is 5.92 Å². The van der Waals surface area contributed by atoms with Gasteiger partial charge in [-0.3, -0.25) is 4.79 Å². The van der Waals surface area contributed by atoms with Crippen molar-refractivity contribution < 1.29 is 35.5 Å². The molecule has 3 aliphatic rings. The molecular formula is C18H16F7N3O. The molecule has 1 saturated carbocycles. The lowest BCUT2D eigenvalue weighted by Crippen LogP contribution is -2.56. The van der Waals surface area contributed by atoms with Crippen LogP contribution in [0.15, 0.2) is 34.5 Å².